The van der Waals surface area contributed by atoms with Gasteiger partial charge in [-0.1, -0.05) is 6.92 Å². The molecule has 1 aliphatic heterocycles. The molecule has 1 aliphatic rings. The molecule has 0 radical (unpaired) electrons. The van der Waals surface area contributed by atoms with Gasteiger partial charge in [0.1, 0.15) is 5.82 Å². The molecule has 1 atom stereocenters. The van der Waals surface area contributed by atoms with Crippen molar-refractivity contribution in [3.05, 3.63) is 11.8 Å². The monoisotopic (exact) mass is 264 g/mol. The minimum Gasteiger partial charge on any atom is -0.378 e. The summed E-state index contributed by atoms with van der Waals surface area (Å²) in [5, 5.41) is 6.58. The van der Waals surface area contributed by atoms with Crippen LogP contribution in [0.4, 0.5) is 11.8 Å². The number of nitrogens with one attached hydrogen (secondary N) is 2. The lowest BCUT2D eigenvalue weighted by atomic mass is 10.2. The van der Waals surface area contributed by atoms with Crippen molar-refractivity contribution in [1.82, 2.24) is 9.97 Å². The molecule has 5 heteroatoms. The molecule has 0 saturated carbocycles. The summed E-state index contributed by atoms with van der Waals surface area (Å²) in [6, 6.07) is 1.98. The second-order valence-electron chi connectivity index (χ2n) is 5.00. The van der Waals surface area contributed by atoms with Crippen LogP contribution >= 0.6 is 0 Å². The summed E-state index contributed by atoms with van der Waals surface area (Å²) in [6.45, 7) is 6.84. The van der Waals surface area contributed by atoms with Crippen LogP contribution in [0, 0.1) is 6.92 Å². The van der Waals surface area contributed by atoms with E-state index in [1.54, 1.807) is 0 Å². The number of ether oxygens (including phenoxy) is 1. The summed E-state index contributed by atoms with van der Waals surface area (Å²) in [6.07, 6.45) is 4.92. The summed E-state index contributed by atoms with van der Waals surface area (Å²) in [5.41, 5.74) is 0.980. The first-order valence-electron chi connectivity index (χ1n) is 7.23. The van der Waals surface area contributed by atoms with E-state index in [1.165, 1.54) is 12.8 Å². The molecule has 0 aromatic carbocycles. The Bertz CT molecular complexity index is 391. The van der Waals surface area contributed by atoms with Crippen LogP contribution in [0.15, 0.2) is 6.07 Å². The van der Waals surface area contributed by atoms with Gasteiger partial charge in [0, 0.05) is 31.5 Å². The average Bonchev–Trinajstić information content (AvgIpc) is 2.89. The molecule has 106 valence electrons. The number of aromatic nitrogens is 2. The summed E-state index contributed by atoms with van der Waals surface area (Å²) >= 11 is 0. The zero-order chi connectivity index (χ0) is 13.5. The SMILES string of the molecule is CCCNc1nc(C)cc(NCCC2CCCO2)n1. The van der Waals surface area contributed by atoms with E-state index in [9.17, 15) is 0 Å². The molecule has 1 fully saturated rings. The van der Waals surface area contributed by atoms with Crippen LogP contribution in [0.3, 0.4) is 0 Å². The van der Waals surface area contributed by atoms with E-state index in [0.29, 0.717) is 12.1 Å². The Morgan fingerprint density at radius 1 is 1.32 bits per heavy atom. The fraction of sp³-hybridized carbons (Fsp3) is 0.714. The highest BCUT2D eigenvalue weighted by molar-refractivity contribution is 5.42. The maximum Gasteiger partial charge on any atom is 0.224 e. The number of hydrogen-bond donors (Lipinski definition) is 2. The van der Waals surface area contributed by atoms with Crippen molar-refractivity contribution in [3.63, 3.8) is 0 Å². The normalized spacial score (nSPS) is 18.5. The summed E-state index contributed by atoms with van der Waals surface area (Å²) in [7, 11) is 0. The predicted molar refractivity (Wildman–Crippen MR) is 77.6 cm³/mol. The first-order valence-corrected chi connectivity index (χ1v) is 7.23. The van der Waals surface area contributed by atoms with Gasteiger partial charge in [0.25, 0.3) is 0 Å². The third-order valence-electron chi connectivity index (χ3n) is 3.18. The van der Waals surface area contributed by atoms with E-state index in [2.05, 4.69) is 27.5 Å². The van der Waals surface area contributed by atoms with Crippen LogP contribution in [0.1, 0.15) is 38.3 Å². The molecule has 0 bridgehead atoms. The number of hydrogen-bond acceptors (Lipinski definition) is 5. The minimum atomic E-state index is 0.424. The van der Waals surface area contributed by atoms with Crippen molar-refractivity contribution in [2.75, 3.05) is 30.3 Å². The lowest BCUT2D eigenvalue weighted by molar-refractivity contribution is 0.107. The smallest absolute Gasteiger partial charge is 0.224 e. The van der Waals surface area contributed by atoms with Crippen LogP contribution < -0.4 is 10.6 Å². The van der Waals surface area contributed by atoms with Gasteiger partial charge in [-0.25, -0.2) is 4.98 Å². The third kappa shape index (κ3) is 4.67. The highest BCUT2D eigenvalue weighted by Crippen LogP contribution is 2.16. The molecular formula is C14H24N4O. The predicted octanol–water partition coefficient (Wildman–Crippen LogP) is 2.59. The van der Waals surface area contributed by atoms with E-state index in [4.69, 9.17) is 4.74 Å². The number of anilines is 2. The molecule has 0 aliphatic carbocycles. The molecule has 1 aromatic rings. The third-order valence-corrected chi connectivity index (χ3v) is 3.18. The van der Waals surface area contributed by atoms with Gasteiger partial charge in [-0.3, -0.25) is 0 Å². The van der Waals surface area contributed by atoms with Crippen molar-refractivity contribution in [3.8, 4) is 0 Å². The second-order valence-corrected chi connectivity index (χ2v) is 5.00. The lowest BCUT2D eigenvalue weighted by Crippen LogP contribution is -2.14. The summed E-state index contributed by atoms with van der Waals surface area (Å²) in [4.78, 5) is 8.83. The second kappa shape index (κ2) is 7.28. The number of aryl methyl sites for hydroxylation is 1. The van der Waals surface area contributed by atoms with Gasteiger partial charge in [-0.2, -0.15) is 4.98 Å². The van der Waals surface area contributed by atoms with E-state index in [-0.39, 0.29) is 0 Å². The van der Waals surface area contributed by atoms with Crippen LogP contribution in [-0.4, -0.2) is 35.8 Å². The molecule has 1 aromatic heterocycles. The molecule has 5 nitrogen and oxygen atoms in total. The number of nitrogens with zero attached hydrogens (tertiary/aromatic N) is 2. The number of rotatable bonds is 7. The quantitative estimate of drug-likeness (QED) is 0.792. The first-order chi connectivity index (χ1) is 9.28. The van der Waals surface area contributed by atoms with Crippen LogP contribution in [0.5, 0.6) is 0 Å². The van der Waals surface area contributed by atoms with Crippen molar-refractivity contribution in [2.24, 2.45) is 0 Å². The topological polar surface area (TPSA) is 59.1 Å². The van der Waals surface area contributed by atoms with Gasteiger partial charge in [0.15, 0.2) is 0 Å². The van der Waals surface area contributed by atoms with E-state index < -0.39 is 0 Å². The van der Waals surface area contributed by atoms with E-state index >= 15 is 0 Å². The van der Waals surface area contributed by atoms with Gasteiger partial charge < -0.3 is 15.4 Å². The molecule has 2 heterocycles. The maximum atomic E-state index is 5.61. The lowest BCUT2D eigenvalue weighted by Gasteiger charge is -2.12. The summed E-state index contributed by atoms with van der Waals surface area (Å²) < 4.78 is 5.61. The van der Waals surface area contributed by atoms with Crippen LogP contribution in [0.2, 0.25) is 0 Å². The first kappa shape index (κ1) is 14.1. The Morgan fingerprint density at radius 3 is 2.95 bits per heavy atom. The molecule has 1 saturated heterocycles. The van der Waals surface area contributed by atoms with Crippen molar-refractivity contribution < 1.29 is 4.74 Å². The zero-order valence-corrected chi connectivity index (χ0v) is 11.9. The zero-order valence-electron chi connectivity index (χ0n) is 11.9. The Kier molecular flexibility index (Phi) is 5.39. The van der Waals surface area contributed by atoms with Crippen molar-refractivity contribution in [2.45, 2.75) is 45.6 Å². The minimum absolute atomic E-state index is 0.424. The van der Waals surface area contributed by atoms with Crippen molar-refractivity contribution >= 4 is 11.8 Å². The van der Waals surface area contributed by atoms with Gasteiger partial charge in [0.2, 0.25) is 5.95 Å². The molecule has 0 spiro atoms. The standard InChI is InChI=1S/C14H24N4O/c1-3-7-16-14-17-11(2)10-13(18-14)15-8-6-12-5-4-9-19-12/h10,12H,3-9H2,1-2H3,(H2,15,16,17,18). The van der Waals surface area contributed by atoms with Crippen LogP contribution in [0.25, 0.3) is 0 Å². The maximum absolute atomic E-state index is 5.61. The average molecular weight is 264 g/mol. The molecule has 2 rings (SSSR count). The largest absolute Gasteiger partial charge is 0.378 e. The fourth-order valence-electron chi connectivity index (χ4n) is 2.21. The van der Waals surface area contributed by atoms with E-state index in [0.717, 1.165) is 44.0 Å². The molecule has 1 unspecified atom stereocenters. The summed E-state index contributed by atoms with van der Waals surface area (Å²) in [5.74, 6) is 1.60. The van der Waals surface area contributed by atoms with Gasteiger partial charge >= 0.3 is 0 Å². The Hall–Kier alpha value is -1.36. The molecule has 2 N–H and O–H groups in total. The van der Waals surface area contributed by atoms with Gasteiger partial charge in [0.05, 0.1) is 6.10 Å². The van der Waals surface area contributed by atoms with Gasteiger partial charge in [-0.15, -0.1) is 0 Å². The fourth-order valence-corrected chi connectivity index (χ4v) is 2.21. The Morgan fingerprint density at radius 2 is 2.21 bits per heavy atom. The van der Waals surface area contributed by atoms with Gasteiger partial charge in [-0.05, 0) is 32.6 Å². The molecular weight excluding hydrogens is 240 g/mol. The van der Waals surface area contributed by atoms with Crippen LogP contribution in [-0.2, 0) is 4.74 Å². The highest BCUT2D eigenvalue weighted by atomic mass is 16.5. The molecule has 19 heavy (non-hydrogen) atoms. The van der Waals surface area contributed by atoms with E-state index in [1.807, 2.05) is 13.0 Å². The Balaban J connectivity index is 1.82. The molecule has 0 amide bonds. The van der Waals surface area contributed by atoms with Crippen molar-refractivity contribution in [1.29, 1.82) is 0 Å². The highest BCUT2D eigenvalue weighted by Gasteiger charge is 2.14. The Labute approximate surface area is 115 Å².